The van der Waals surface area contributed by atoms with E-state index in [-0.39, 0.29) is 0 Å². The normalized spacial score (nSPS) is 27.0. The van der Waals surface area contributed by atoms with Crippen molar-refractivity contribution < 1.29 is 4.74 Å². The first kappa shape index (κ1) is 17.8. The van der Waals surface area contributed by atoms with E-state index in [0.717, 1.165) is 31.8 Å². The Morgan fingerprint density at radius 2 is 1.77 bits per heavy atom. The number of ether oxygens (including phenoxy) is 1. The first-order valence-electron chi connectivity index (χ1n) is 8.43. The lowest BCUT2D eigenvalue weighted by atomic mass is 9.97. The van der Waals surface area contributed by atoms with Gasteiger partial charge < -0.3 is 9.64 Å². The number of aryl methyl sites for hydroxylation is 2. The van der Waals surface area contributed by atoms with Gasteiger partial charge in [-0.3, -0.25) is 0 Å². The molecule has 0 heterocycles. The van der Waals surface area contributed by atoms with E-state index in [1.54, 1.807) is 7.11 Å². The molecule has 1 aliphatic rings. The zero-order valence-corrected chi connectivity index (χ0v) is 16.2. The van der Waals surface area contributed by atoms with Crippen LogP contribution in [0.1, 0.15) is 37.8 Å². The molecule has 0 spiro atoms. The maximum absolute atomic E-state index is 5.51. The summed E-state index contributed by atoms with van der Waals surface area (Å²) in [4.78, 5) is 2.39. The fraction of sp³-hybridized carbons (Fsp3) is 0.684. The van der Waals surface area contributed by atoms with Crippen molar-refractivity contribution in [3.8, 4) is 5.75 Å². The van der Waals surface area contributed by atoms with Gasteiger partial charge in [-0.25, -0.2) is 0 Å². The minimum Gasteiger partial charge on any atom is -0.496 e. The number of hydrogen-bond donors (Lipinski definition) is 0. The van der Waals surface area contributed by atoms with Crippen molar-refractivity contribution in [3.63, 3.8) is 0 Å². The molecule has 0 saturated heterocycles. The maximum Gasteiger partial charge on any atom is 0.124 e. The van der Waals surface area contributed by atoms with Crippen LogP contribution in [-0.2, 0) is 0 Å². The fourth-order valence-electron chi connectivity index (χ4n) is 3.96. The third kappa shape index (κ3) is 3.66. The van der Waals surface area contributed by atoms with Gasteiger partial charge >= 0.3 is 0 Å². The van der Waals surface area contributed by atoms with Crippen LogP contribution in [0, 0.1) is 25.7 Å². The van der Waals surface area contributed by atoms with Crippen molar-refractivity contribution in [1.82, 2.24) is 4.90 Å². The van der Waals surface area contributed by atoms with Crippen LogP contribution >= 0.6 is 8.58 Å². The summed E-state index contributed by atoms with van der Waals surface area (Å²) in [7, 11) is 7.12. The first-order chi connectivity index (χ1) is 10.3. The highest BCUT2D eigenvalue weighted by Crippen LogP contribution is 2.45. The summed E-state index contributed by atoms with van der Waals surface area (Å²) in [5.74, 6) is 2.71. The first-order valence-corrected chi connectivity index (χ1v) is 9.51. The van der Waals surface area contributed by atoms with Crippen molar-refractivity contribution in [2.24, 2.45) is 11.8 Å². The predicted molar refractivity (Wildman–Crippen MR) is 99.2 cm³/mol. The van der Waals surface area contributed by atoms with Gasteiger partial charge in [0.25, 0.3) is 0 Å². The second-order valence-corrected chi connectivity index (χ2v) is 8.77. The van der Waals surface area contributed by atoms with Gasteiger partial charge in [0.2, 0.25) is 0 Å². The summed E-state index contributed by atoms with van der Waals surface area (Å²) in [6.45, 7) is 9.17. The van der Waals surface area contributed by atoms with E-state index in [1.165, 1.54) is 29.3 Å². The quantitative estimate of drug-likeness (QED) is 0.761. The highest BCUT2D eigenvalue weighted by atomic mass is 31.1. The molecule has 4 unspecified atom stereocenters. The van der Waals surface area contributed by atoms with Crippen LogP contribution in [0.3, 0.4) is 0 Å². The summed E-state index contributed by atoms with van der Waals surface area (Å²) >= 11 is 0. The average molecular weight is 321 g/mol. The van der Waals surface area contributed by atoms with Gasteiger partial charge in [-0.2, -0.15) is 0 Å². The molecule has 2 nitrogen and oxygen atoms in total. The molecular formula is C19H32NOP. The van der Waals surface area contributed by atoms with Crippen LogP contribution in [0.2, 0.25) is 0 Å². The van der Waals surface area contributed by atoms with Crippen LogP contribution in [0.15, 0.2) is 12.1 Å². The Bertz CT molecular complexity index is 491. The molecule has 0 radical (unpaired) electrons. The van der Waals surface area contributed by atoms with E-state index in [1.807, 2.05) is 0 Å². The Morgan fingerprint density at radius 1 is 1.18 bits per heavy atom. The number of methoxy groups -OCH3 is 1. The van der Waals surface area contributed by atoms with Crippen molar-refractivity contribution in [2.45, 2.75) is 52.2 Å². The highest BCUT2D eigenvalue weighted by molar-refractivity contribution is 7.48. The molecule has 0 aromatic heterocycles. The van der Waals surface area contributed by atoms with E-state index in [9.17, 15) is 0 Å². The van der Waals surface area contributed by atoms with Gasteiger partial charge in [0.05, 0.1) is 7.11 Å². The van der Waals surface area contributed by atoms with Gasteiger partial charge in [0, 0.05) is 6.04 Å². The number of hydrogen-bond acceptors (Lipinski definition) is 2. The molecule has 0 aliphatic heterocycles. The van der Waals surface area contributed by atoms with E-state index < -0.39 is 0 Å². The standard InChI is InChI=1S/C19H32NOP/c1-12-8-9-17(15(4)20(5)6)19(12)22-16-10-13(2)18(21-7)14(3)11-16/h10-12,15,17,19,22H,8-9H2,1-7H3/t12?,15-,17?,19?/m1/s1. The third-order valence-corrected chi connectivity index (χ3v) is 7.41. The van der Waals surface area contributed by atoms with Crippen molar-refractivity contribution in [3.05, 3.63) is 23.3 Å². The Labute approximate surface area is 138 Å². The van der Waals surface area contributed by atoms with Crippen LogP contribution in [-0.4, -0.2) is 37.8 Å². The van der Waals surface area contributed by atoms with Crippen LogP contribution in [0.5, 0.6) is 5.75 Å². The van der Waals surface area contributed by atoms with E-state index >= 15 is 0 Å². The average Bonchev–Trinajstić information content (AvgIpc) is 2.79. The minimum absolute atomic E-state index is 0.669. The molecule has 124 valence electrons. The van der Waals surface area contributed by atoms with Gasteiger partial charge in [-0.1, -0.05) is 15.5 Å². The number of benzene rings is 1. The Morgan fingerprint density at radius 3 is 2.27 bits per heavy atom. The maximum atomic E-state index is 5.51. The summed E-state index contributed by atoms with van der Waals surface area (Å²) in [6, 6.07) is 5.35. The van der Waals surface area contributed by atoms with Crippen molar-refractivity contribution >= 4 is 13.9 Å². The molecule has 22 heavy (non-hydrogen) atoms. The molecule has 1 fully saturated rings. The summed E-state index contributed by atoms with van der Waals surface area (Å²) in [5.41, 5.74) is 3.37. The lowest BCUT2D eigenvalue weighted by molar-refractivity contribution is 0.230. The van der Waals surface area contributed by atoms with Gasteiger partial charge in [0.15, 0.2) is 0 Å². The number of rotatable bonds is 5. The topological polar surface area (TPSA) is 12.5 Å². The number of nitrogens with zero attached hydrogens (tertiary/aromatic N) is 1. The Balaban J connectivity index is 2.21. The predicted octanol–water partition coefficient (Wildman–Crippen LogP) is 3.98. The molecule has 1 aliphatic carbocycles. The largest absolute Gasteiger partial charge is 0.496 e. The van der Waals surface area contributed by atoms with Crippen molar-refractivity contribution in [1.29, 1.82) is 0 Å². The molecule has 0 amide bonds. The summed E-state index contributed by atoms with van der Waals surface area (Å²) in [5, 5.41) is 1.51. The van der Waals surface area contributed by atoms with Gasteiger partial charge in [-0.15, -0.1) is 0 Å². The van der Waals surface area contributed by atoms with E-state index in [0.29, 0.717) is 6.04 Å². The zero-order valence-electron chi connectivity index (χ0n) is 15.2. The SMILES string of the molecule is COc1c(C)cc(PC2C(C)CCC2[C@@H](C)N(C)C)cc1C. The molecule has 1 aromatic carbocycles. The van der Waals surface area contributed by atoms with E-state index in [2.05, 4.69) is 58.8 Å². The second-order valence-electron chi connectivity index (χ2n) is 7.24. The molecular weight excluding hydrogens is 289 g/mol. The van der Waals surface area contributed by atoms with Crippen LogP contribution in [0.25, 0.3) is 0 Å². The van der Waals surface area contributed by atoms with Gasteiger partial charge in [-0.05, 0) is 93.8 Å². The van der Waals surface area contributed by atoms with E-state index in [4.69, 9.17) is 4.74 Å². The molecule has 1 aromatic rings. The Hall–Kier alpha value is -0.590. The smallest absolute Gasteiger partial charge is 0.124 e. The molecule has 3 heteroatoms. The lowest BCUT2D eigenvalue weighted by Crippen LogP contribution is -2.36. The third-order valence-electron chi connectivity index (χ3n) is 5.46. The monoisotopic (exact) mass is 321 g/mol. The zero-order chi connectivity index (χ0) is 16.4. The van der Waals surface area contributed by atoms with Crippen molar-refractivity contribution in [2.75, 3.05) is 21.2 Å². The second kappa shape index (κ2) is 7.32. The molecule has 2 rings (SSSR count). The molecule has 0 bridgehead atoms. The van der Waals surface area contributed by atoms with Crippen LogP contribution < -0.4 is 10.0 Å². The molecule has 0 N–H and O–H groups in total. The summed E-state index contributed by atoms with van der Waals surface area (Å²) in [6.07, 6.45) is 2.76. The molecule has 5 atom stereocenters. The Kier molecular flexibility index (Phi) is 5.91. The molecule has 1 saturated carbocycles. The lowest BCUT2D eigenvalue weighted by Gasteiger charge is -2.32. The van der Waals surface area contributed by atoms with Gasteiger partial charge in [0.1, 0.15) is 5.75 Å². The highest BCUT2D eigenvalue weighted by Gasteiger charge is 2.37. The fourth-order valence-corrected chi connectivity index (χ4v) is 6.05. The minimum atomic E-state index is 0.669. The summed E-state index contributed by atoms with van der Waals surface area (Å²) < 4.78 is 5.51. The van der Waals surface area contributed by atoms with Crippen LogP contribution in [0.4, 0.5) is 0 Å².